The largest absolute Gasteiger partial charge is 0.436 e. The first-order chi connectivity index (χ1) is 8.78. The zero-order valence-electron chi connectivity index (χ0n) is 9.43. The monoisotopic (exact) mass is 259 g/mol. The van der Waals surface area contributed by atoms with Crippen LogP contribution in [0.3, 0.4) is 0 Å². The molecule has 2 aromatic carbocycles. The molecule has 0 saturated carbocycles. The number of hydrogen-bond acceptors (Lipinski definition) is 3. The van der Waals surface area contributed by atoms with Gasteiger partial charge in [-0.1, -0.05) is 29.8 Å². The summed E-state index contributed by atoms with van der Waals surface area (Å²) in [6, 6.07) is 12.8. The predicted molar refractivity (Wildman–Crippen MR) is 70.4 cm³/mol. The van der Waals surface area contributed by atoms with E-state index in [9.17, 15) is 0 Å². The maximum absolute atomic E-state index is 9.09. The van der Waals surface area contributed by atoms with Gasteiger partial charge in [-0.3, -0.25) is 0 Å². The van der Waals surface area contributed by atoms with Gasteiger partial charge in [0, 0.05) is 0 Å². The molecule has 18 heavy (non-hydrogen) atoms. The Morgan fingerprint density at radius 3 is 2.78 bits per heavy atom. The van der Waals surface area contributed by atoms with Crippen LogP contribution in [0.4, 0.5) is 0 Å². The molecule has 0 radical (unpaired) electrons. The highest BCUT2D eigenvalue weighted by Crippen LogP contribution is 2.29. The molecule has 3 rings (SSSR count). The minimum Gasteiger partial charge on any atom is -0.436 e. The first kappa shape index (κ1) is 11.3. The number of halogens is 1. The number of rotatable bonds is 2. The van der Waals surface area contributed by atoms with E-state index in [0.29, 0.717) is 16.5 Å². The summed E-state index contributed by atoms with van der Waals surface area (Å²) in [5, 5.41) is 9.69. The van der Waals surface area contributed by atoms with E-state index in [0.717, 1.165) is 16.6 Å². The maximum atomic E-state index is 9.09. The zero-order chi connectivity index (χ0) is 12.5. The summed E-state index contributed by atoms with van der Waals surface area (Å²) in [6.45, 7) is -0.00970. The molecule has 0 spiro atoms. The summed E-state index contributed by atoms with van der Waals surface area (Å²) in [5.74, 6) is 0.491. The molecule has 0 aliphatic rings. The van der Waals surface area contributed by atoms with Crippen molar-refractivity contribution in [1.82, 2.24) is 4.98 Å². The Balaban J connectivity index is 2.17. The van der Waals surface area contributed by atoms with Gasteiger partial charge in [0.05, 0.1) is 17.2 Å². The normalized spacial score (nSPS) is 11.0. The maximum Gasteiger partial charge on any atom is 0.228 e. The van der Waals surface area contributed by atoms with Gasteiger partial charge in [0.2, 0.25) is 5.89 Å². The van der Waals surface area contributed by atoms with E-state index >= 15 is 0 Å². The van der Waals surface area contributed by atoms with Crippen molar-refractivity contribution in [3.05, 3.63) is 53.1 Å². The van der Waals surface area contributed by atoms with Crippen molar-refractivity contribution in [2.75, 3.05) is 0 Å². The molecule has 0 aliphatic heterocycles. The van der Waals surface area contributed by atoms with Gasteiger partial charge in [-0.05, 0) is 29.8 Å². The topological polar surface area (TPSA) is 46.3 Å². The molecule has 0 fully saturated rings. The van der Waals surface area contributed by atoms with Crippen LogP contribution in [0.25, 0.3) is 22.6 Å². The summed E-state index contributed by atoms with van der Waals surface area (Å²) >= 11 is 6.10. The van der Waals surface area contributed by atoms with Crippen LogP contribution in [-0.2, 0) is 6.61 Å². The van der Waals surface area contributed by atoms with Gasteiger partial charge in [-0.25, -0.2) is 4.98 Å². The van der Waals surface area contributed by atoms with Gasteiger partial charge in [0.15, 0.2) is 5.58 Å². The molecule has 0 saturated heterocycles. The quantitative estimate of drug-likeness (QED) is 0.764. The van der Waals surface area contributed by atoms with E-state index in [1.54, 1.807) is 18.2 Å². The summed E-state index contributed by atoms with van der Waals surface area (Å²) in [4.78, 5) is 4.39. The minimum atomic E-state index is -0.00970. The van der Waals surface area contributed by atoms with E-state index in [4.69, 9.17) is 21.1 Å². The highest BCUT2D eigenvalue weighted by Gasteiger charge is 2.11. The molecule has 0 atom stereocenters. The van der Waals surface area contributed by atoms with Crippen LogP contribution in [0.5, 0.6) is 0 Å². The van der Waals surface area contributed by atoms with Crippen molar-refractivity contribution in [2.45, 2.75) is 6.61 Å². The number of hydrogen-bond donors (Lipinski definition) is 1. The zero-order valence-corrected chi connectivity index (χ0v) is 10.2. The first-order valence-electron chi connectivity index (χ1n) is 5.53. The van der Waals surface area contributed by atoms with Gasteiger partial charge in [-0.2, -0.15) is 0 Å². The minimum absolute atomic E-state index is 0.00970. The van der Waals surface area contributed by atoms with Gasteiger partial charge in [0.25, 0.3) is 0 Å². The average Bonchev–Trinajstić information content (AvgIpc) is 2.81. The lowest BCUT2D eigenvalue weighted by Crippen LogP contribution is -1.81. The van der Waals surface area contributed by atoms with Gasteiger partial charge >= 0.3 is 0 Å². The van der Waals surface area contributed by atoms with Crippen LogP contribution >= 0.6 is 11.6 Å². The standard InChI is InChI=1S/C14H10ClNO2/c15-11-4-2-1-3-10(11)14-16-12-7-9(8-17)5-6-13(12)18-14/h1-7,17H,8H2. The fourth-order valence-corrected chi connectivity index (χ4v) is 2.04. The molecule has 0 unspecified atom stereocenters. The molecule has 1 aromatic heterocycles. The highest BCUT2D eigenvalue weighted by molar-refractivity contribution is 6.33. The second-order valence-electron chi connectivity index (χ2n) is 3.96. The number of nitrogens with zero attached hydrogens (tertiary/aromatic N) is 1. The molecule has 90 valence electrons. The summed E-state index contributed by atoms with van der Waals surface area (Å²) < 4.78 is 5.66. The number of aliphatic hydroxyl groups is 1. The van der Waals surface area contributed by atoms with Crippen LogP contribution in [-0.4, -0.2) is 10.1 Å². The van der Waals surface area contributed by atoms with Crippen molar-refractivity contribution in [3.8, 4) is 11.5 Å². The second-order valence-corrected chi connectivity index (χ2v) is 4.37. The molecule has 1 N–H and O–H groups in total. The molecular formula is C14H10ClNO2. The summed E-state index contributed by atoms with van der Waals surface area (Å²) in [6.07, 6.45) is 0. The lowest BCUT2D eigenvalue weighted by Gasteiger charge is -1.96. The third-order valence-corrected chi connectivity index (χ3v) is 3.07. The van der Waals surface area contributed by atoms with E-state index in [1.165, 1.54) is 0 Å². The fourth-order valence-electron chi connectivity index (χ4n) is 1.82. The SMILES string of the molecule is OCc1ccc2oc(-c3ccccc3Cl)nc2c1. The van der Waals surface area contributed by atoms with Crippen molar-refractivity contribution in [3.63, 3.8) is 0 Å². The number of fused-ring (bicyclic) bond motifs is 1. The molecule has 3 nitrogen and oxygen atoms in total. The van der Waals surface area contributed by atoms with E-state index in [2.05, 4.69) is 4.98 Å². The first-order valence-corrected chi connectivity index (χ1v) is 5.91. The third-order valence-electron chi connectivity index (χ3n) is 2.74. The van der Waals surface area contributed by atoms with Crippen molar-refractivity contribution < 1.29 is 9.52 Å². The summed E-state index contributed by atoms with van der Waals surface area (Å²) in [5.41, 5.74) is 2.97. The van der Waals surface area contributed by atoms with Crippen LogP contribution in [0.1, 0.15) is 5.56 Å². The molecule has 0 bridgehead atoms. The van der Waals surface area contributed by atoms with Crippen LogP contribution < -0.4 is 0 Å². The Labute approximate surface area is 109 Å². The summed E-state index contributed by atoms with van der Waals surface area (Å²) in [7, 11) is 0. The Morgan fingerprint density at radius 2 is 2.00 bits per heavy atom. The van der Waals surface area contributed by atoms with Gasteiger partial charge < -0.3 is 9.52 Å². The molecule has 4 heteroatoms. The van der Waals surface area contributed by atoms with Gasteiger partial charge in [0.1, 0.15) is 5.52 Å². The molecule has 0 amide bonds. The van der Waals surface area contributed by atoms with Crippen LogP contribution in [0.15, 0.2) is 46.9 Å². The Morgan fingerprint density at radius 1 is 1.17 bits per heavy atom. The molecule has 3 aromatic rings. The highest BCUT2D eigenvalue weighted by atomic mass is 35.5. The van der Waals surface area contributed by atoms with Crippen molar-refractivity contribution in [2.24, 2.45) is 0 Å². The van der Waals surface area contributed by atoms with Crippen LogP contribution in [0.2, 0.25) is 5.02 Å². The Kier molecular flexibility index (Phi) is 2.78. The smallest absolute Gasteiger partial charge is 0.228 e. The number of aliphatic hydroxyl groups excluding tert-OH is 1. The number of benzene rings is 2. The Bertz CT molecular complexity index is 706. The number of aromatic nitrogens is 1. The van der Waals surface area contributed by atoms with Gasteiger partial charge in [-0.15, -0.1) is 0 Å². The number of oxazole rings is 1. The van der Waals surface area contributed by atoms with E-state index < -0.39 is 0 Å². The lowest BCUT2D eigenvalue weighted by atomic mass is 10.2. The van der Waals surface area contributed by atoms with E-state index in [1.807, 2.05) is 24.3 Å². The third kappa shape index (κ3) is 1.88. The predicted octanol–water partition coefficient (Wildman–Crippen LogP) is 3.64. The lowest BCUT2D eigenvalue weighted by molar-refractivity contribution is 0.282. The van der Waals surface area contributed by atoms with Crippen LogP contribution in [0, 0.1) is 0 Å². The second kappa shape index (κ2) is 4.44. The average molecular weight is 260 g/mol. The van der Waals surface area contributed by atoms with Crippen molar-refractivity contribution in [1.29, 1.82) is 0 Å². The molecule has 1 heterocycles. The fraction of sp³-hybridized carbons (Fsp3) is 0.0714. The molecular weight excluding hydrogens is 250 g/mol. The van der Waals surface area contributed by atoms with E-state index in [-0.39, 0.29) is 6.61 Å². The Hall–Kier alpha value is -1.84. The van der Waals surface area contributed by atoms with Crippen molar-refractivity contribution >= 4 is 22.7 Å². The molecule has 0 aliphatic carbocycles.